The lowest BCUT2D eigenvalue weighted by Crippen LogP contribution is -2.49. The van der Waals surface area contributed by atoms with Crippen molar-refractivity contribution in [3.63, 3.8) is 0 Å². The van der Waals surface area contributed by atoms with Crippen LogP contribution in [0.5, 0.6) is 5.75 Å². The topological polar surface area (TPSA) is 21.3 Å². The van der Waals surface area contributed by atoms with E-state index in [0.717, 1.165) is 18.4 Å². The summed E-state index contributed by atoms with van der Waals surface area (Å²) in [6.07, 6.45) is 2.24. The van der Waals surface area contributed by atoms with E-state index in [2.05, 4.69) is 19.2 Å². The Morgan fingerprint density at radius 1 is 1.29 bits per heavy atom. The number of aryl methyl sites for hydroxylation is 1. The van der Waals surface area contributed by atoms with Crippen LogP contribution in [0.1, 0.15) is 32.3 Å². The number of rotatable bonds is 4. The van der Waals surface area contributed by atoms with Crippen molar-refractivity contribution in [2.24, 2.45) is 0 Å². The van der Waals surface area contributed by atoms with Gasteiger partial charge in [0.15, 0.2) is 0 Å². The zero-order valence-electron chi connectivity index (χ0n) is 10.7. The van der Waals surface area contributed by atoms with E-state index in [9.17, 15) is 4.39 Å². The average molecular weight is 237 g/mol. The van der Waals surface area contributed by atoms with Crippen molar-refractivity contribution in [1.29, 1.82) is 0 Å². The number of halogens is 1. The second-order valence-corrected chi connectivity index (χ2v) is 5.19. The second kappa shape index (κ2) is 5.05. The first kappa shape index (κ1) is 12.4. The molecule has 0 aromatic heterocycles. The van der Waals surface area contributed by atoms with Crippen molar-refractivity contribution in [3.8, 4) is 5.75 Å². The number of ether oxygens (including phenoxy) is 1. The first-order valence-electron chi connectivity index (χ1n) is 6.23. The number of hydrogen-bond donors (Lipinski definition) is 1. The summed E-state index contributed by atoms with van der Waals surface area (Å²) in [4.78, 5) is 0. The third-order valence-corrected chi connectivity index (χ3v) is 2.98. The van der Waals surface area contributed by atoms with E-state index < -0.39 is 0 Å². The van der Waals surface area contributed by atoms with Crippen molar-refractivity contribution in [2.45, 2.75) is 51.8 Å². The molecule has 2 nitrogen and oxygen atoms in total. The van der Waals surface area contributed by atoms with Gasteiger partial charge in [-0.15, -0.1) is 0 Å². The highest BCUT2D eigenvalue weighted by Gasteiger charge is 2.30. The molecule has 1 aromatic rings. The molecular formula is C14H20FNO. The highest BCUT2D eigenvalue weighted by atomic mass is 19.1. The summed E-state index contributed by atoms with van der Waals surface area (Å²) in [5.74, 6) is 0.423. The molecule has 17 heavy (non-hydrogen) atoms. The van der Waals surface area contributed by atoms with Crippen LogP contribution in [-0.4, -0.2) is 18.2 Å². The number of benzene rings is 1. The molecule has 1 fully saturated rings. The van der Waals surface area contributed by atoms with Crippen molar-refractivity contribution in [2.75, 3.05) is 0 Å². The average Bonchev–Trinajstić information content (AvgIpc) is 2.11. The van der Waals surface area contributed by atoms with Crippen LogP contribution in [0.2, 0.25) is 0 Å². The third-order valence-electron chi connectivity index (χ3n) is 2.98. The normalized spacial score (nSPS) is 23.6. The van der Waals surface area contributed by atoms with Crippen molar-refractivity contribution in [3.05, 3.63) is 29.6 Å². The highest BCUT2D eigenvalue weighted by Crippen LogP contribution is 2.27. The lowest BCUT2D eigenvalue weighted by molar-refractivity contribution is 0.0812. The van der Waals surface area contributed by atoms with E-state index in [-0.39, 0.29) is 11.9 Å². The van der Waals surface area contributed by atoms with Gasteiger partial charge in [-0.2, -0.15) is 0 Å². The standard InChI is InChI=1S/C14H20FNO/c1-9(2)16-12-7-14(8-12)17-13-5-10(3)4-11(15)6-13/h4-6,9,12,14,16H,7-8H2,1-3H3. The molecule has 0 radical (unpaired) electrons. The Bertz CT molecular complexity index is 366. The fourth-order valence-corrected chi connectivity index (χ4v) is 2.23. The summed E-state index contributed by atoms with van der Waals surface area (Å²) < 4.78 is 18.9. The minimum absolute atomic E-state index is 0.226. The van der Waals surface area contributed by atoms with Gasteiger partial charge in [-0.1, -0.05) is 13.8 Å². The molecule has 1 aliphatic carbocycles. The van der Waals surface area contributed by atoms with E-state index in [1.165, 1.54) is 12.1 Å². The maximum absolute atomic E-state index is 13.2. The highest BCUT2D eigenvalue weighted by molar-refractivity contribution is 5.29. The lowest BCUT2D eigenvalue weighted by atomic mass is 9.88. The first-order valence-corrected chi connectivity index (χ1v) is 6.23. The molecule has 1 aliphatic rings. The molecular weight excluding hydrogens is 217 g/mol. The van der Waals surface area contributed by atoms with Crippen molar-refractivity contribution >= 4 is 0 Å². The van der Waals surface area contributed by atoms with E-state index in [1.807, 2.05) is 13.0 Å². The molecule has 94 valence electrons. The number of hydrogen-bond acceptors (Lipinski definition) is 2. The molecule has 0 saturated heterocycles. The Labute approximate surface area is 102 Å². The van der Waals surface area contributed by atoms with E-state index in [0.29, 0.717) is 17.8 Å². The summed E-state index contributed by atoms with van der Waals surface area (Å²) in [7, 11) is 0. The van der Waals surface area contributed by atoms with Crippen molar-refractivity contribution < 1.29 is 9.13 Å². The van der Waals surface area contributed by atoms with Crippen LogP contribution in [0.15, 0.2) is 18.2 Å². The zero-order valence-corrected chi connectivity index (χ0v) is 10.7. The second-order valence-electron chi connectivity index (χ2n) is 5.19. The van der Waals surface area contributed by atoms with Gasteiger partial charge >= 0.3 is 0 Å². The van der Waals surface area contributed by atoms with E-state index in [1.54, 1.807) is 0 Å². The van der Waals surface area contributed by atoms with Crippen LogP contribution in [-0.2, 0) is 0 Å². The van der Waals surface area contributed by atoms with Gasteiger partial charge in [0, 0.05) is 18.2 Å². The maximum Gasteiger partial charge on any atom is 0.127 e. The van der Waals surface area contributed by atoms with Gasteiger partial charge in [0.05, 0.1) is 0 Å². The van der Waals surface area contributed by atoms with Gasteiger partial charge < -0.3 is 10.1 Å². The van der Waals surface area contributed by atoms with Crippen LogP contribution < -0.4 is 10.1 Å². The Kier molecular flexibility index (Phi) is 3.67. The summed E-state index contributed by atoms with van der Waals surface area (Å²) >= 11 is 0. The van der Waals surface area contributed by atoms with Crippen LogP contribution >= 0.6 is 0 Å². The minimum atomic E-state index is -0.226. The van der Waals surface area contributed by atoms with Gasteiger partial charge in [0.2, 0.25) is 0 Å². The lowest BCUT2D eigenvalue weighted by Gasteiger charge is -2.37. The molecule has 1 saturated carbocycles. The van der Waals surface area contributed by atoms with E-state index in [4.69, 9.17) is 4.74 Å². The van der Waals surface area contributed by atoms with Crippen LogP contribution in [0.4, 0.5) is 4.39 Å². The zero-order chi connectivity index (χ0) is 12.4. The Morgan fingerprint density at radius 3 is 2.59 bits per heavy atom. The minimum Gasteiger partial charge on any atom is -0.490 e. The molecule has 1 aromatic carbocycles. The van der Waals surface area contributed by atoms with Crippen LogP contribution in [0, 0.1) is 12.7 Å². The fourth-order valence-electron chi connectivity index (χ4n) is 2.23. The molecule has 0 heterocycles. The molecule has 3 heteroatoms. The number of nitrogens with one attached hydrogen (secondary N) is 1. The first-order chi connectivity index (χ1) is 8.02. The molecule has 0 aliphatic heterocycles. The smallest absolute Gasteiger partial charge is 0.127 e. The molecule has 0 atom stereocenters. The largest absolute Gasteiger partial charge is 0.490 e. The predicted molar refractivity (Wildman–Crippen MR) is 66.8 cm³/mol. The molecule has 1 N–H and O–H groups in total. The maximum atomic E-state index is 13.2. The quantitative estimate of drug-likeness (QED) is 0.869. The molecule has 0 amide bonds. The summed E-state index contributed by atoms with van der Waals surface area (Å²) in [5, 5.41) is 3.46. The molecule has 0 spiro atoms. The Balaban J connectivity index is 1.83. The van der Waals surface area contributed by atoms with Crippen LogP contribution in [0.3, 0.4) is 0 Å². The van der Waals surface area contributed by atoms with Gasteiger partial charge in [0.25, 0.3) is 0 Å². The molecule has 2 rings (SSSR count). The van der Waals surface area contributed by atoms with Crippen LogP contribution in [0.25, 0.3) is 0 Å². The summed E-state index contributed by atoms with van der Waals surface area (Å²) in [6, 6.07) is 5.91. The molecule has 0 unspecified atom stereocenters. The predicted octanol–water partition coefficient (Wildman–Crippen LogP) is 3.04. The SMILES string of the molecule is Cc1cc(F)cc(OC2CC(NC(C)C)C2)c1. The van der Waals surface area contributed by atoms with Gasteiger partial charge in [-0.05, 0) is 37.5 Å². The van der Waals surface area contributed by atoms with Crippen molar-refractivity contribution in [1.82, 2.24) is 5.32 Å². The van der Waals surface area contributed by atoms with Gasteiger partial charge in [-0.25, -0.2) is 4.39 Å². The van der Waals surface area contributed by atoms with E-state index >= 15 is 0 Å². The third kappa shape index (κ3) is 3.43. The molecule has 0 bridgehead atoms. The monoisotopic (exact) mass is 237 g/mol. The van der Waals surface area contributed by atoms with Gasteiger partial charge in [0.1, 0.15) is 17.7 Å². The summed E-state index contributed by atoms with van der Waals surface area (Å²) in [5.41, 5.74) is 0.899. The Hall–Kier alpha value is -1.09. The Morgan fingerprint density at radius 2 is 2.00 bits per heavy atom. The van der Waals surface area contributed by atoms with Gasteiger partial charge in [-0.3, -0.25) is 0 Å². The fraction of sp³-hybridized carbons (Fsp3) is 0.571. The summed E-state index contributed by atoms with van der Waals surface area (Å²) in [6.45, 7) is 6.16.